The third-order valence-electron chi connectivity index (χ3n) is 3.80. The molecule has 1 N–H and O–H groups in total. The summed E-state index contributed by atoms with van der Waals surface area (Å²) in [5.41, 5.74) is 0.800. The zero-order valence-corrected chi connectivity index (χ0v) is 11.1. The third kappa shape index (κ3) is 2.84. The monoisotopic (exact) mass is 259 g/mol. The minimum absolute atomic E-state index is 0.0213. The van der Waals surface area contributed by atoms with E-state index in [-0.39, 0.29) is 5.69 Å². The summed E-state index contributed by atoms with van der Waals surface area (Å²) >= 11 is 0. The number of nitrogens with one attached hydrogen (secondary N) is 1. The molecule has 0 unspecified atom stereocenters. The van der Waals surface area contributed by atoms with Crippen molar-refractivity contribution in [2.45, 2.75) is 32.7 Å². The smallest absolute Gasteiger partial charge is 0.293 e. The van der Waals surface area contributed by atoms with Crippen molar-refractivity contribution in [2.75, 3.05) is 5.32 Å². The Morgan fingerprint density at radius 3 is 2.68 bits per heavy atom. The predicted octanol–water partition coefficient (Wildman–Crippen LogP) is 3.31. The lowest BCUT2D eigenvalue weighted by molar-refractivity contribution is -0.384. The number of nitro groups is 1. The summed E-state index contributed by atoms with van der Waals surface area (Å²) in [6, 6.07) is 6.78. The van der Waals surface area contributed by atoms with Gasteiger partial charge in [-0.05, 0) is 36.8 Å². The van der Waals surface area contributed by atoms with Gasteiger partial charge in [0.15, 0.2) is 0 Å². The number of benzene rings is 1. The molecule has 19 heavy (non-hydrogen) atoms. The second kappa shape index (κ2) is 5.27. The van der Waals surface area contributed by atoms with E-state index in [1.165, 1.54) is 6.07 Å². The first kappa shape index (κ1) is 13.3. The fourth-order valence-corrected chi connectivity index (χ4v) is 2.42. The predicted molar refractivity (Wildman–Crippen MR) is 72.8 cm³/mol. The topological polar surface area (TPSA) is 79.0 Å². The lowest BCUT2D eigenvalue weighted by Gasteiger charge is -2.38. The van der Waals surface area contributed by atoms with E-state index in [9.17, 15) is 10.1 Å². The van der Waals surface area contributed by atoms with E-state index < -0.39 is 4.92 Å². The fourth-order valence-electron chi connectivity index (χ4n) is 2.42. The van der Waals surface area contributed by atoms with E-state index in [0.29, 0.717) is 29.1 Å². The summed E-state index contributed by atoms with van der Waals surface area (Å²) in [4.78, 5) is 10.6. The van der Waals surface area contributed by atoms with Gasteiger partial charge >= 0.3 is 0 Å². The molecular weight excluding hydrogens is 242 g/mol. The second-order valence-corrected chi connectivity index (χ2v) is 5.42. The SMILES string of the molecule is CC(C)C1CC(Nc2ccc(C#N)cc2[N+](=O)[O-])C1. The summed E-state index contributed by atoms with van der Waals surface area (Å²) in [5, 5.41) is 23.0. The lowest BCUT2D eigenvalue weighted by atomic mass is 9.73. The zero-order valence-electron chi connectivity index (χ0n) is 11.1. The highest BCUT2D eigenvalue weighted by Gasteiger charge is 2.32. The molecule has 1 fully saturated rings. The molecular formula is C14H17N3O2. The summed E-state index contributed by atoms with van der Waals surface area (Å²) in [7, 11) is 0. The van der Waals surface area contributed by atoms with Crippen LogP contribution in [-0.4, -0.2) is 11.0 Å². The summed E-state index contributed by atoms with van der Waals surface area (Å²) in [6.45, 7) is 4.40. The molecule has 1 aromatic rings. The number of rotatable bonds is 4. The molecule has 1 aromatic carbocycles. The Labute approximate surface area is 112 Å². The fraction of sp³-hybridized carbons (Fsp3) is 0.500. The largest absolute Gasteiger partial charge is 0.377 e. The summed E-state index contributed by atoms with van der Waals surface area (Å²) in [5.74, 6) is 1.36. The van der Waals surface area contributed by atoms with Crippen LogP contribution in [0.5, 0.6) is 0 Å². The molecule has 0 radical (unpaired) electrons. The van der Waals surface area contributed by atoms with Crippen LogP contribution >= 0.6 is 0 Å². The number of nitrogens with zero attached hydrogens (tertiary/aromatic N) is 2. The molecule has 1 saturated carbocycles. The van der Waals surface area contributed by atoms with Gasteiger partial charge in [0.05, 0.1) is 16.6 Å². The van der Waals surface area contributed by atoms with Crippen LogP contribution in [-0.2, 0) is 0 Å². The average molecular weight is 259 g/mol. The Morgan fingerprint density at radius 1 is 1.47 bits per heavy atom. The second-order valence-electron chi connectivity index (χ2n) is 5.42. The quantitative estimate of drug-likeness (QED) is 0.664. The van der Waals surface area contributed by atoms with Crippen LogP contribution < -0.4 is 5.32 Å². The van der Waals surface area contributed by atoms with Crippen LogP contribution in [0.1, 0.15) is 32.3 Å². The van der Waals surface area contributed by atoms with E-state index in [1.54, 1.807) is 12.1 Å². The van der Waals surface area contributed by atoms with Crippen molar-refractivity contribution in [1.82, 2.24) is 0 Å². The Kier molecular flexibility index (Phi) is 3.70. The van der Waals surface area contributed by atoms with Crippen LogP contribution in [0.25, 0.3) is 0 Å². The highest BCUT2D eigenvalue weighted by Crippen LogP contribution is 2.37. The lowest BCUT2D eigenvalue weighted by Crippen LogP contribution is -2.38. The van der Waals surface area contributed by atoms with E-state index >= 15 is 0 Å². The average Bonchev–Trinajstić information content (AvgIpc) is 2.32. The molecule has 100 valence electrons. The molecule has 5 heteroatoms. The van der Waals surface area contributed by atoms with E-state index in [0.717, 1.165) is 12.8 Å². The number of nitro benzene ring substituents is 1. The first-order chi connectivity index (χ1) is 9.01. The van der Waals surface area contributed by atoms with Gasteiger partial charge in [-0.15, -0.1) is 0 Å². The minimum Gasteiger partial charge on any atom is -0.377 e. The van der Waals surface area contributed by atoms with Crippen LogP contribution in [0.4, 0.5) is 11.4 Å². The van der Waals surface area contributed by atoms with Crippen LogP contribution in [0.2, 0.25) is 0 Å². The number of nitriles is 1. The Hall–Kier alpha value is -2.09. The van der Waals surface area contributed by atoms with Gasteiger partial charge in [-0.25, -0.2) is 0 Å². The van der Waals surface area contributed by atoms with Gasteiger partial charge in [0.2, 0.25) is 0 Å². The van der Waals surface area contributed by atoms with Gasteiger partial charge < -0.3 is 5.32 Å². The van der Waals surface area contributed by atoms with Crippen molar-refractivity contribution in [3.63, 3.8) is 0 Å². The van der Waals surface area contributed by atoms with Gasteiger partial charge in [0.1, 0.15) is 5.69 Å². The maximum absolute atomic E-state index is 11.0. The van der Waals surface area contributed by atoms with Gasteiger partial charge in [-0.2, -0.15) is 5.26 Å². The van der Waals surface area contributed by atoms with Gasteiger partial charge in [0, 0.05) is 12.1 Å². The van der Waals surface area contributed by atoms with Crippen molar-refractivity contribution in [3.8, 4) is 6.07 Å². The molecule has 0 bridgehead atoms. The standard InChI is InChI=1S/C14H17N3O2/c1-9(2)11-6-12(7-11)16-13-4-3-10(8-15)5-14(13)17(18)19/h3-5,9,11-12,16H,6-7H2,1-2H3. The first-order valence-corrected chi connectivity index (χ1v) is 6.46. The Morgan fingerprint density at radius 2 is 2.16 bits per heavy atom. The number of hydrogen-bond acceptors (Lipinski definition) is 4. The molecule has 1 aliphatic rings. The molecule has 1 aliphatic carbocycles. The van der Waals surface area contributed by atoms with Crippen LogP contribution in [0.15, 0.2) is 18.2 Å². The maximum Gasteiger partial charge on any atom is 0.293 e. The van der Waals surface area contributed by atoms with E-state index in [4.69, 9.17) is 5.26 Å². The van der Waals surface area contributed by atoms with E-state index in [2.05, 4.69) is 19.2 Å². The van der Waals surface area contributed by atoms with Crippen molar-refractivity contribution < 1.29 is 4.92 Å². The third-order valence-corrected chi connectivity index (χ3v) is 3.80. The molecule has 0 saturated heterocycles. The maximum atomic E-state index is 11.0. The van der Waals surface area contributed by atoms with Crippen molar-refractivity contribution in [1.29, 1.82) is 5.26 Å². The molecule has 2 rings (SSSR count). The molecule has 0 aliphatic heterocycles. The van der Waals surface area contributed by atoms with Crippen molar-refractivity contribution in [3.05, 3.63) is 33.9 Å². The summed E-state index contributed by atoms with van der Waals surface area (Å²) < 4.78 is 0. The molecule has 5 nitrogen and oxygen atoms in total. The Balaban J connectivity index is 2.09. The molecule has 0 amide bonds. The highest BCUT2D eigenvalue weighted by atomic mass is 16.6. The minimum atomic E-state index is -0.443. The van der Waals surface area contributed by atoms with Crippen molar-refractivity contribution in [2.24, 2.45) is 11.8 Å². The highest BCUT2D eigenvalue weighted by molar-refractivity contribution is 5.64. The van der Waals surface area contributed by atoms with Gasteiger partial charge in [-0.1, -0.05) is 13.8 Å². The Bertz CT molecular complexity index is 528. The van der Waals surface area contributed by atoms with Gasteiger partial charge in [-0.3, -0.25) is 10.1 Å². The molecule has 0 atom stereocenters. The van der Waals surface area contributed by atoms with Gasteiger partial charge in [0.25, 0.3) is 5.69 Å². The van der Waals surface area contributed by atoms with Crippen LogP contribution in [0.3, 0.4) is 0 Å². The number of hydrogen-bond donors (Lipinski definition) is 1. The molecule has 0 aromatic heterocycles. The van der Waals surface area contributed by atoms with Crippen molar-refractivity contribution >= 4 is 11.4 Å². The van der Waals surface area contributed by atoms with E-state index in [1.807, 2.05) is 6.07 Å². The van der Waals surface area contributed by atoms with Crippen LogP contribution in [0, 0.1) is 33.3 Å². The molecule has 0 heterocycles. The first-order valence-electron chi connectivity index (χ1n) is 6.46. The zero-order chi connectivity index (χ0) is 14.0. The summed E-state index contributed by atoms with van der Waals surface area (Å²) in [6.07, 6.45) is 2.10. The normalized spacial score (nSPS) is 21.6. The molecule has 0 spiro atoms. The number of anilines is 1.